The number of aliphatic imine (C=N–C) groups is 1. The van der Waals surface area contributed by atoms with Crippen molar-refractivity contribution in [3.8, 4) is 11.4 Å². The molecule has 3 rings (SSSR count). The van der Waals surface area contributed by atoms with Crippen LogP contribution in [0.3, 0.4) is 0 Å². The van der Waals surface area contributed by atoms with Crippen molar-refractivity contribution in [3.05, 3.63) is 30.1 Å². The number of rotatable bonds is 4. The van der Waals surface area contributed by atoms with Crippen LogP contribution in [0.15, 0.2) is 29.3 Å². The molecule has 6 nitrogen and oxygen atoms in total. The average molecular weight is 293 g/mol. The SMILES string of the molecule is Cc1nc(-c2ccccc2NCC2=NCCN2)n[nH]1.Cl. The molecular weight excluding hydrogens is 276 g/mol. The van der Waals surface area contributed by atoms with Gasteiger partial charge < -0.3 is 10.6 Å². The van der Waals surface area contributed by atoms with E-state index in [2.05, 4.69) is 30.8 Å². The molecule has 0 spiro atoms. The summed E-state index contributed by atoms with van der Waals surface area (Å²) in [6.45, 7) is 4.38. The van der Waals surface area contributed by atoms with Gasteiger partial charge in [-0.05, 0) is 19.1 Å². The zero-order valence-corrected chi connectivity index (χ0v) is 12.0. The van der Waals surface area contributed by atoms with Crippen molar-refractivity contribution in [2.75, 3.05) is 25.0 Å². The Morgan fingerprint density at radius 1 is 1.30 bits per heavy atom. The molecule has 106 valence electrons. The van der Waals surface area contributed by atoms with Gasteiger partial charge in [-0.15, -0.1) is 12.4 Å². The summed E-state index contributed by atoms with van der Waals surface area (Å²) in [4.78, 5) is 8.73. The predicted octanol–water partition coefficient (Wildman–Crippen LogP) is 1.62. The van der Waals surface area contributed by atoms with E-state index in [1.54, 1.807) is 0 Å². The molecule has 0 atom stereocenters. The first-order chi connectivity index (χ1) is 9.33. The lowest BCUT2D eigenvalue weighted by molar-refractivity contribution is 0.956. The first kappa shape index (κ1) is 14.3. The van der Waals surface area contributed by atoms with Gasteiger partial charge in [0.15, 0.2) is 5.82 Å². The number of nitrogens with zero attached hydrogens (tertiary/aromatic N) is 3. The zero-order valence-electron chi connectivity index (χ0n) is 11.2. The summed E-state index contributed by atoms with van der Waals surface area (Å²) in [5.74, 6) is 2.52. The monoisotopic (exact) mass is 292 g/mol. The van der Waals surface area contributed by atoms with E-state index in [-0.39, 0.29) is 12.4 Å². The fourth-order valence-corrected chi connectivity index (χ4v) is 2.04. The number of nitrogens with one attached hydrogen (secondary N) is 3. The maximum Gasteiger partial charge on any atom is 0.183 e. The van der Waals surface area contributed by atoms with Crippen LogP contribution in [0.25, 0.3) is 11.4 Å². The number of aryl methyl sites for hydroxylation is 1. The van der Waals surface area contributed by atoms with Crippen molar-refractivity contribution in [2.45, 2.75) is 6.92 Å². The van der Waals surface area contributed by atoms with Gasteiger partial charge in [0.2, 0.25) is 0 Å². The number of halogens is 1. The Morgan fingerprint density at radius 2 is 2.15 bits per heavy atom. The molecule has 0 bridgehead atoms. The third-order valence-electron chi connectivity index (χ3n) is 2.95. The molecule has 7 heteroatoms. The van der Waals surface area contributed by atoms with Crippen LogP contribution >= 0.6 is 12.4 Å². The maximum absolute atomic E-state index is 4.37. The van der Waals surface area contributed by atoms with E-state index in [0.717, 1.165) is 36.0 Å². The van der Waals surface area contributed by atoms with E-state index in [9.17, 15) is 0 Å². The molecule has 0 radical (unpaired) electrons. The van der Waals surface area contributed by atoms with Gasteiger partial charge in [0.25, 0.3) is 0 Å². The summed E-state index contributed by atoms with van der Waals surface area (Å²) in [5, 5.41) is 13.7. The van der Waals surface area contributed by atoms with E-state index in [1.807, 2.05) is 31.2 Å². The van der Waals surface area contributed by atoms with Crippen molar-refractivity contribution in [1.29, 1.82) is 0 Å². The Balaban J connectivity index is 0.00000147. The number of hydrogen-bond acceptors (Lipinski definition) is 5. The van der Waals surface area contributed by atoms with Gasteiger partial charge in [0.05, 0.1) is 13.1 Å². The topological polar surface area (TPSA) is 78.0 Å². The highest BCUT2D eigenvalue weighted by Gasteiger charge is 2.10. The van der Waals surface area contributed by atoms with Crippen LogP contribution in [0.2, 0.25) is 0 Å². The molecule has 2 heterocycles. The minimum atomic E-state index is 0. The second kappa shape index (κ2) is 6.38. The summed E-state index contributed by atoms with van der Waals surface area (Å²) in [6, 6.07) is 8.01. The molecule has 1 aromatic carbocycles. The Kier molecular flexibility index (Phi) is 4.57. The lowest BCUT2D eigenvalue weighted by atomic mass is 10.1. The van der Waals surface area contributed by atoms with Crippen LogP contribution in [-0.2, 0) is 0 Å². The number of amidine groups is 1. The van der Waals surface area contributed by atoms with E-state index in [4.69, 9.17) is 0 Å². The summed E-state index contributed by atoms with van der Waals surface area (Å²) in [7, 11) is 0. The van der Waals surface area contributed by atoms with Gasteiger partial charge in [-0.2, -0.15) is 5.10 Å². The van der Waals surface area contributed by atoms with Crippen LogP contribution in [0.1, 0.15) is 5.82 Å². The maximum atomic E-state index is 4.37. The molecule has 1 aromatic heterocycles. The Labute approximate surface area is 123 Å². The van der Waals surface area contributed by atoms with Gasteiger partial charge >= 0.3 is 0 Å². The second-order valence-corrected chi connectivity index (χ2v) is 4.40. The largest absolute Gasteiger partial charge is 0.377 e. The van der Waals surface area contributed by atoms with Crippen LogP contribution in [-0.4, -0.2) is 40.7 Å². The summed E-state index contributed by atoms with van der Waals surface area (Å²) < 4.78 is 0. The molecule has 0 amide bonds. The smallest absolute Gasteiger partial charge is 0.183 e. The van der Waals surface area contributed by atoms with Gasteiger partial charge in [0, 0.05) is 17.8 Å². The minimum Gasteiger partial charge on any atom is -0.377 e. The molecule has 0 unspecified atom stereocenters. The number of benzene rings is 1. The van der Waals surface area contributed by atoms with E-state index in [1.165, 1.54) is 0 Å². The van der Waals surface area contributed by atoms with E-state index < -0.39 is 0 Å². The van der Waals surface area contributed by atoms with Crippen LogP contribution in [0.5, 0.6) is 0 Å². The fraction of sp³-hybridized carbons (Fsp3) is 0.308. The molecule has 3 N–H and O–H groups in total. The van der Waals surface area contributed by atoms with Gasteiger partial charge in [0.1, 0.15) is 11.7 Å². The van der Waals surface area contributed by atoms with Crippen molar-refractivity contribution in [3.63, 3.8) is 0 Å². The molecule has 0 fully saturated rings. The first-order valence-corrected chi connectivity index (χ1v) is 6.32. The van der Waals surface area contributed by atoms with Gasteiger partial charge in [-0.3, -0.25) is 10.1 Å². The molecule has 1 aliphatic heterocycles. The summed E-state index contributed by atoms with van der Waals surface area (Å²) in [5.41, 5.74) is 2.00. The fourth-order valence-electron chi connectivity index (χ4n) is 2.04. The minimum absolute atomic E-state index is 0. The Morgan fingerprint density at radius 3 is 2.85 bits per heavy atom. The Bertz CT molecular complexity index is 606. The van der Waals surface area contributed by atoms with Crippen LogP contribution < -0.4 is 10.6 Å². The number of aromatic amines is 1. The molecule has 20 heavy (non-hydrogen) atoms. The van der Waals surface area contributed by atoms with E-state index >= 15 is 0 Å². The highest BCUT2D eigenvalue weighted by molar-refractivity contribution is 5.88. The lowest BCUT2D eigenvalue weighted by Gasteiger charge is -2.10. The van der Waals surface area contributed by atoms with Gasteiger partial charge in [-0.1, -0.05) is 12.1 Å². The lowest BCUT2D eigenvalue weighted by Crippen LogP contribution is -2.26. The Hall–Kier alpha value is -2.08. The molecule has 0 aliphatic carbocycles. The quantitative estimate of drug-likeness (QED) is 0.800. The molecule has 0 saturated carbocycles. The second-order valence-electron chi connectivity index (χ2n) is 4.40. The average Bonchev–Trinajstić information content (AvgIpc) is 3.08. The summed E-state index contributed by atoms with van der Waals surface area (Å²) in [6.07, 6.45) is 0. The summed E-state index contributed by atoms with van der Waals surface area (Å²) >= 11 is 0. The standard InChI is InChI=1S/C13H16N6.ClH/c1-9-17-13(19-18-9)10-4-2-3-5-11(10)16-8-12-14-6-7-15-12;/h2-5,16H,6-8H2,1H3,(H,14,15)(H,17,18,19);1H. The van der Waals surface area contributed by atoms with Crippen molar-refractivity contribution in [1.82, 2.24) is 20.5 Å². The highest BCUT2D eigenvalue weighted by atomic mass is 35.5. The molecule has 1 aliphatic rings. The normalized spacial score (nSPS) is 13.3. The number of H-pyrrole nitrogens is 1. The third kappa shape index (κ3) is 3.08. The highest BCUT2D eigenvalue weighted by Crippen LogP contribution is 2.24. The van der Waals surface area contributed by atoms with Crippen LogP contribution in [0, 0.1) is 6.92 Å². The molecule has 2 aromatic rings. The zero-order chi connectivity index (χ0) is 13.1. The first-order valence-electron chi connectivity index (χ1n) is 6.32. The van der Waals surface area contributed by atoms with Crippen molar-refractivity contribution >= 4 is 23.9 Å². The number of para-hydroxylation sites is 1. The van der Waals surface area contributed by atoms with Crippen molar-refractivity contribution in [2.24, 2.45) is 4.99 Å². The third-order valence-corrected chi connectivity index (χ3v) is 2.95. The van der Waals surface area contributed by atoms with Crippen molar-refractivity contribution < 1.29 is 0 Å². The number of aromatic nitrogens is 3. The number of anilines is 1. The number of hydrogen-bond donors (Lipinski definition) is 3. The van der Waals surface area contributed by atoms with Gasteiger partial charge in [-0.25, -0.2) is 4.98 Å². The molecule has 0 saturated heterocycles. The van der Waals surface area contributed by atoms with Crippen LogP contribution in [0.4, 0.5) is 5.69 Å². The van der Waals surface area contributed by atoms with E-state index in [0.29, 0.717) is 12.4 Å². The molecular formula is C13H17ClN6. The predicted molar refractivity (Wildman–Crippen MR) is 82.6 cm³/mol.